The molecule has 4 rings (SSSR count). The summed E-state index contributed by atoms with van der Waals surface area (Å²) in [5, 5.41) is 3.09. The molecule has 1 saturated carbocycles. The van der Waals surface area contributed by atoms with Gasteiger partial charge < -0.3 is 5.32 Å². The minimum Gasteiger partial charge on any atom is -0.323 e. The Kier molecular flexibility index (Phi) is 4.30. The van der Waals surface area contributed by atoms with Crippen molar-refractivity contribution in [3.05, 3.63) is 35.4 Å². The summed E-state index contributed by atoms with van der Waals surface area (Å²) in [4.78, 5) is 29.6. The Bertz CT molecular complexity index is 722. The highest BCUT2D eigenvalue weighted by Gasteiger charge is 2.58. The molecule has 0 radical (unpaired) electrons. The molecule has 3 atom stereocenters. The number of rotatable bonds is 3. The van der Waals surface area contributed by atoms with Crippen molar-refractivity contribution in [2.75, 3.05) is 13.7 Å². The minimum absolute atomic E-state index is 0.0275. The van der Waals surface area contributed by atoms with Crippen LogP contribution in [0.3, 0.4) is 0 Å². The highest BCUT2D eigenvalue weighted by atomic mass is 16.2. The van der Waals surface area contributed by atoms with Gasteiger partial charge in [-0.05, 0) is 55.7 Å². The Morgan fingerprint density at radius 3 is 2.58 bits per heavy atom. The van der Waals surface area contributed by atoms with E-state index in [4.69, 9.17) is 0 Å². The van der Waals surface area contributed by atoms with Crippen LogP contribution in [0.2, 0.25) is 0 Å². The van der Waals surface area contributed by atoms with Crippen molar-refractivity contribution >= 4 is 11.9 Å². The summed E-state index contributed by atoms with van der Waals surface area (Å²) in [7, 11) is 2.02. The van der Waals surface area contributed by atoms with Crippen LogP contribution in [0, 0.1) is 11.8 Å². The third-order valence-electron chi connectivity index (χ3n) is 6.98. The number of aryl methyl sites for hydroxylation is 1. The number of benzene rings is 1. The van der Waals surface area contributed by atoms with Crippen molar-refractivity contribution in [3.63, 3.8) is 0 Å². The maximum Gasteiger partial charge on any atom is 0.326 e. The van der Waals surface area contributed by atoms with Crippen LogP contribution < -0.4 is 5.32 Å². The van der Waals surface area contributed by atoms with Gasteiger partial charge in [0.05, 0.1) is 6.67 Å². The van der Waals surface area contributed by atoms with Gasteiger partial charge in [0.1, 0.15) is 5.54 Å². The molecule has 0 bridgehead atoms. The second-order valence-electron chi connectivity index (χ2n) is 8.42. The number of carbonyl (C=O) groups excluding carboxylic acids is 2. The van der Waals surface area contributed by atoms with Gasteiger partial charge in [-0.1, -0.05) is 44.5 Å². The molecule has 1 aromatic carbocycles. The van der Waals surface area contributed by atoms with Crippen LogP contribution in [0.25, 0.3) is 0 Å². The number of carbonyl (C=O) groups is 2. The summed E-state index contributed by atoms with van der Waals surface area (Å²) in [6, 6.07) is 8.53. The summed E-state index contributed by atoms with van der Waals surface area (Å²) >= 11 is 0. The highest BCUT2D eigenvalue weighted by Crippen LogP contribution is 2.42. The summed E-state index contributed by atoms with van der Waals surface area (Å²) in [6.07, 6.45) is 5.22. The van der Waals surface area contributed by atoms with Crippen LogP contribution in [-0.4, -0.2) is 41.0 Å². The number of hydrogen-bond acceptors (Lipinski definition) is 3. The standard InChI is InChI=1S/C21H29N3O2/c1-14-7-6-8-15(2)21(14)19(25)24(20(26)22-21)13-23(3)18-12-11-16-9-4-5-10-17(16)18/h4-5,9-10,14-15,18H,6-8,11-13H2,1-3H3,(H,22,26). The van der Waals surface area contributed by atoms with Crippen molar-refractivity contribution in [2.24, 2.45) is 11.8 Å². The first kappa shape index (κ1) is 17.5. The molecule has 1 spiro atoms. The molecule has 1 N–H and O–H groups in total. The van der Waals surface area contributed by atoms with Gasteiger partial charge >= 0.3 is 6.03 Å². The van der Waals surface area contributed by atoms with Crippen LogP contribution >= 0.6 is 0 Å². The molecule has 0 aromatic heterocycles. The first-order valence-electron chi connectivity index (χ1n) is 9.87. The van der Waals surface area contributed by atoms with Gasteiger partial charge in [-0.25, -0.2) is 9.69 Å². The molecule has 5 nitrogen and oxygen atoms in total. The molecular weight excluding hydrogens is 326 g/mol. The number of nitrogens with one attached hydrogen (secondary N) is 1. The lowest BCUT2D eigenvalue weighted by Gasteiger charge is -2.42. The van der Waals surface area contributed by atoms with E-state index in [9.17, 15) is 9.59 Å². The van der Waals surface area contributed by atoms with Gasteiger partial charge in [-0.15, -0.1) is 0 Å². The molecule has 3 unspecified atom stereocenters. The lowest BCUT2D eigenvalue weighted by atomic mass is 9.67. The summed E-state index contributed by atoms with van der Waals surface area (Å²) in [6.45, 7) is 4.56. The average molecular weight is 355 g/mol. The Balaban J connectivity index is 1.54. The first-order valence-corrected chi connectivity index (χ1v) is 9.87. The molecule has 3 aliphatic rings. The van der Waals surface area contributed by atoms with Crippen molar-refractivity contribution in [2.45, 2.75) is 57.5 Å². The number of hydrogen-bond donors (Lipinski definition) is 1. The normalized spacial score (nSPS) is 33.8. The van der Waals surface area contributed by atoms with Gasteiger partial charge in [0.15, 0.2) is 0 Å². The molecule has 1 saturated heterocycles. The van der Waals surface area contributed by atoms with Crippen LogP contribution in [0.5, 0.6) is 0 Å². The highest BCUT2D eigenvalue weighted by molar-refractivity contribution is 6.07. The smallest absolute Gasteiger partial charge is 0.323 e. The molecule has 140 valence electrons. The van der Waals surface area contributed by atoms with E-state index in [2.05, 4.69) is 48.3 Å². The third kappa shape index (κ3) is 2.48. The van der Waals surface area contributed by atoms with E-state index in [0.717, 1.165) is 32.1 Å². The zero-order chi connectivity index (χ0) is 18.5. The number of nitrogens with zero attached hydrogens (tertiary/aromatic N) is 2. The molecule has 2 aliphatic carbocycles. The summed E-state index contributed by atoms with van der Waals surface area (Å²) in [5.41, 5.74) is 2.01. The molecule has 2 fully saturated rings. The quantitative estimate of drug-likeness (QED) is 0.847. The van der Waals surface area contributed by atoms with E-state index < -0.39 is 5.54 Å². The topological polar surface area (TPSA) is 52.7 Å². The number of amides is 3. The fourth-order valence-electron chi connectivity index (χ4n) is 5.40. The summed E-state index contributed by atoms with van der Waals surface area (Å²) in [5.74, 6) is 0.343. The van der Waals surface area contributed by atoms with E-state index in [-0.39, 0.29) is 29.8 Å². The lowest BCUT2D eigenvalue weighted by molar-refractivity contribution is -0.138. The Morgan fingerprint density at radius 1 is 1.15 bits per heavy atom. The summed E-state index contributed by atoms with van der Waals surface area (Å²) < 4.78 is 0. The Morgan fingerprint density at radius 2 is 1.85 bits per heavy atom. The molecule has 3 amide bonds. The monoisotopic (exact) mass is 355 g/mol. The van der Waals surface area contributed by atoms with Gasteiger partial charge in [-0.3, -0.25) is 9.69 Å². The van der Waals surface area contributed by atoms with Crippen molar-refractivity contribution in [1.82, 2.24) is 15.1 Å². The predicted molar refractivity (Wildman–Crippen MR) is 100 cm³/mol. The minimum atomic E-state index is -0.705. The molecule has 5 heteroatoms. The molecular formula is C21H29N3O2. The third-order valence-corrected chi connectivity index (χ3v) is 6.98. The lowest BCUT2D eigenvalue weighted by Crippen LogP contribution is -2.59. The fraction of sp³-hybridized carbons (Fsp3) is 0.619. The Hall–Kier alpha value is -1.88. The predicted octanol–water partition coefficient (Wildman–Crippen LogP) is 3.31. The number of imide groups is 1. The maximum atomic E-state index is 13.3. The average Bonchev–Trinajstić information content (AvgIpc) is 3.15. The maximum absolute atomic E-state index is 13.3. The fourth-order valence-corrected chi connectivity index (χ4v) is 5.40. The number of fused-ring (bicyclic) bond motifs is 1. The van der Waals surface area contributed by atoms with E-state index in [1.54, 1.807) is 0 Å². The largest absolute Gasteiger partial charge is 0.326 e. The van der Waals surface area contributed by atoms with E-state index in [1.807, 2.05) is 7.05 Å². The van der Waals surface area contributed by atoms with Gasteiger partial charge in [0.25, 0.3) is 5.91 Å². The van der Waals surface area contributed by atoms with Gasteiger partial charge in [0, 0.05) is 6.04 Å². The first-order chi connectivity index (χ1) is 12.4. The second-order valence-corrected chi connectivity index (χ2v) is 8.42. The molecule has 1 aromatic rings. The van der Waals surface area contributed by atoms with E-state index in [1.165, 1.54) is 16.0 Å². The Labute approximate surface area is 155 Å². The second kappa shape index (κ2) is 6.38. The molecule has 1 aliphatic heterocycles. The van der Waals surface area contributed by atoms with Crippen LogP contribution in [0.1, 0.15) is 56.7 Å². The zero-order valence-corrected chi connectivity index (χ0v) is 16.0. The van der Waals surface area contributed by atoms with Gasteiger partial charge in [0.2, 0.25) is 0 Å². The SMILES string of the molecule is CC1CCCC(C)C12NC(=O)N(CN(C)C1CCc3ccccc31)C2=O. The van der Waals surface area contributed by atoms with Crippen LogP contribution in [0.4, 0.5) is 4.79 Å². The molecule has 1 heterocycles. The molecule has 26 heavy (non-hydrogen) atoms. The van der Waals surface area contributed by atoms with Gasteiger partial charge in [-0.2, -0.15) is 0 Å². The zero-order valence-electron chi connectivity index (χ0n) is 16.0. The number of urea groups is 1. The van der Waals surface area contributed by atoms with E-state index >= 15 is 0 Å². The van der Waals surface area contributed by atoms with Crippen molar-refractivity contribution in [1.29, 1.82) is 0 Å². The van der Waals surface area contributed by atoms with E-state index in [0.29, 0.717) is 6.67 Å². The van der Waals surface area contributed by atoms with Crippen LogP contribution in [0.15, 0.2) is 24.3 Å². The van der Waals surface area contributed by atoms with Crippen molar-refractivity contribution < 1.29 is 9.59 Å². The van der Waals surface area contributed by atoms with Crippen LogP contribution in [-0.2, 0) is 11.2 Å². The van der Waals surface area contributed by atoms with Crippen molar-refractivity contribution in [3.8, 4) is 0 Å².